The van der Waals surface area contributed by atoms with Gasteiger partial charge in [0.05, 0.1) is 23.8 Å². The van der Waals surface area contributed by atoms with E-state index in [0.29, 0.717) is 22.7 Å². The lowest BCUT2D eigenvalue weighted by atomic mass is 10.1. The number of nitrogens with zero attached hydrogens (tertiary/aromatic N) is 4. The maximum atomic E-state index is 12.6. The second-order valence-electron chi connectivity index (χ2n) is 6.19. The third-order valence-electron chi connectivity index (χ3n) is 4.33. The van der Waals surface area contributed by atoms with E-state index in [1.807, 2.05) is 47.8 Å². The Hall–Kier alpha value is -3.78. The van der Waals surface area contributed by atoms with Crippen LogP contribution in [-0.4, -0.2) is 25.6 Å². The first-order valence-electron chi connectivity index (χ1n) is 8.83. The van der Waals surface area contributed by atoms with Crippen molar-refractivity contribution in [1.29, 1.82) is 0 Å². The number of thiazole rings is 1. The highest BCUT2D eigenvalue weighted by atomic mass is 32.1. The molecule has 1 aromatic carbocycles. The van der Waals surface area contributed by atoms with Gasteiger partial charge in [-0.2, -0.15) is 5.10 Å². The van der Waals surface area contributed by atoms with Gasteiger partial charge in [0.25, 0.3) is 0 Å². The Labute approximate surface area is 169 Å². The van der Waals surface area contributed by atoms with Crippen molar-refractivity contribution < 1.29 is 13.9 Å². The third kappa shape index (κ3) is 3.30. The van der Waals surface area contributed by atoms with E-state index in [-0.39, 0.29) is 6.61 Å². The van der Waals surface area contributed by atoms with E-state index in [0.717, 1.165) is 16.3 Å². The van der Waals surface area contributed by atoms with Crippen LogP contribution in [0.3, 0.4) is 0 Å². The molecule has 5 aromatic rings. The number of ether oxygens (including phenoxy) is 1. The van der Waals surface area contributed by atoms with Crippen LogP contribution in [0, 0.1) is 0 Å². The van der Waals surface area contributed by atoms with Gasteiger partial charge in [0.15, 0.2) is 16.4 Å². The smallest absolute Gasteiger partial charge is 0.344 e. The van der Waals surface area contributed by atoms with Crippen LogP contribution in [0.25, 0.3) is 27.7 Å². The lowest BCUT2D eigenvalue weighted by Crippen LogP contribution is -2.06. The minimum atomic E-state index is -0.495. The first kappa shape index (κ1) is 17.3. The average molecular weight is 402 g/mol. The van der Waals surface area contributed by atoms with Crippen molar-refractivity contribution >= 4 is 23.0 Å². The number of hydrogen-bond acceptors (Lipinski definition) is 7. The van der Waals surface area contributed by atoms with E-state index < -0.39 is 5.97 Å². The maximum Gasteiger partial charge on any atom is 0.344 e. The summed E-state index contributed by atoms with van der Waals surface area (Å²) in [4.78, 5) is 21.4. The molecule has 0 spiro atoms. The van der Waals surface area contributed by atoms with Gasteiger partial charge in [-0.25, -0.2) is 19.3 Å². The lowest BCUT2D eigenvalue weighted by Gasteiger charge is -2.05. The second kappa shape index (κ2) is 7.33. The Morgan fingerprint density at radius 2 is 2.03 bits per heavy atom. The predicted molar refractivity (Wildman–Crippen MR) is 107 cm³/mol. The maximum absolute atomic E-state index is 12.6. The zero-order chi connectivity index (χ0) is 19.6. The number of rotatable bonds is 5. The van der Waals surface area contributed by atoms with Gasteiger partial charge in [-0.05, 0) is 18.2 Å². The number of carbonyl (C=O) groups is 1. The molecule has 0 saturated carbocycles. The number of furan rings is 1. The molecule has 142 valence electrons. The molecule has 0 amide bonds. The van der Waals surface area contributed by atoms with Crippen LogP contribution in [0.4, 0.5) is 0 Å². The van der Waals surface area contributed by atoms with Gasteiger partial charge in [0.1, 0.15) is 12.2 Å². The van der Waals surface area contributed by atoms with Crippen molar-refractivity contribution in [2.75, 3.05) is 0 Å². The Balaban J connectivity index is 1.37. The largest absolute Gasteiger partial charge is 0.462 e. The van der Waals surface area contributed by atoms with E-state index in [9.17, 15) is 4.79 Å². The molecule has 0 atom stereocenters. The predicted octanol–water partition coefficient (Wildman–Crippen LogP) is 4.47. The summed E-state index contributed by atoms with van der Waals surface area (Å²) in [7, 11) is 0. The van der Waals surface area contributed by atoms with Gasteiger partial charge in [-0.1, -0.05) is 30.3 Å². The van der Waals surface area contributed by atoms with Crippen molar-refractivity contribution in [2.45, 2.75) is 6.61 Å². The quantitative estimate of drug-likeness (QED) is 0.404. The zero-order valence-corrected chi connectivity index (χ0v) is 15.9. The van der Waals surface area contributed by atoms with Crippen LogP contribution >= 0.6 is 11.3 Å². The minimum Gasteiger partial charge on any atom is -0.462 e. The normalized spacial score (nSPS) is 11.0. The van der Waals surface area contributed by atoms with Crippen LogP contribution in [0.5, 0.6) is 0 Å². The fraction of sp³-hybridized carbons (Fsp3) is 0.0476. The van der Waals surface area contributed by atoms with E-state index in [1.54, 1.807) is 23.0 Å². The highest BCUT2D eigenvalue weighted by Gasteiger charge is 2.18. The van der Waals surface area contributed by atoms with E-state index >= 15 is 0 Å². The summed E-state index contributed by atoms with van der Waals surface area (Å²) in [6.07, 6.45) is 4.73. The molecule has 0 aliphatic rings. The number of carbonyl (C=O) groups excluding carboxylic acids is 1. The molecular formula is C21H14N4O3S. The van der Waals surface area contributed by atoms with Gasteiger partial charge in [-0.15, -0.1) is 11.3 Å². The summed E-state index contributed by atoms with van der Waals surface area (Å²) in [5.41, 5.74) is 3.24. The molecule has 0 aliphatic carbocycles. The Morgan fingerprint density at radius 1 is 1.14 bits per heavy atom. The lowest BCUT2D eigenvalue weighted by molar-refractivity contribution is 0.0470. The van der Waals surface area contributed by atoms with Gasteiger partial charge in [-0.3, -0.25) is 0 Å². The van der Waals surface area contributed by atoms with Gasteiger partial charge in [0, 0.05) is 17.1 Å². The number of hydrogen-bond donors (Lipinski definition) is 0. The summed E-state index contributed by atoms with van der Waals surface area (Å²) >= 11 is 1.43. The molecule has 0 unspecified atom stereocenters. The fourth-order valence-corrected chi connectivity index (χ4v) is 3.74. The van der Waals surface area contributed by atoms with Crippen molar-refractivity contribution in [3.63, 3.8) is 0 Å². The molecule has 0 saturated heterocycles. The van der Waals surface area contributed by atoms with E-state index in [4.69, 9.17) is 9.15 Å². The average Bonchev–Trinajstić information content (AvgIpc) is 3.52. The number of fused-ring (bicyclic) bond motifs is 1. The SMILES string of the molecule is O=C(OCc1csc(-c2ccco2)n1)c1cnn2c(-c3ccccc3)ccnc12. The summed E-state index contributed by atoms with van der Waals surface area (Å²) in [5.74, 6) is 0.193. The molecule has 4 heterocycles. The number of esters is 1. The summed E-state index contributed by atoms with van der Waals surface area (Å²) in [5, 5.41) is 6.92. The molecule has 7 nitrogen and oxygen atoms in total. The van der Waals surface area contributed by atoms with E-state index in [2.05, 4.69) is 15.1 Å². The fourth-order valence-electron chi connectivity index (χ4n) is 2.97. The topological polar surface area (TPSA) is 82.5 Å². The standard InChI is InChI=1S/C21H14N4O3S/c26-21(28-12-15-13-29-20(24-15)18-7-4-10-27-18)16-11-23-25-17(8-9-22-19(16)25)14-5-2-1-3-6-14/h1-11,13H,12H2. The number of aromatic nitrogens is 4. The summed E-state index contributed by atoms with van der Waals surface area (Å²) in [6, 6.07) is 15.3. The highest BCUT2D eigenvalue weighted by Crippen LogP contribution is 2.25. The van der Waals surface area contributed by atoms with Crippen molar-refractivity contribution in [1.82, 2.24) is 19.6 Å². The van der Waals surface area contributed by atoms with Crippen molar-refractivity contribution in [3.8, 4) is 22.0 Å². The van der Waals surface area contributed by atoms with Crippen molar-refractivity contribution in [3.05, 3.63) is 83.8 Å². The third-order valence-corrected chi connectivity index (χ3v) is 5.23. The van der Waals surface area contributed by atoms with Crippen LogP contribution < -0.4 is 0 Å². The first-order valence-corrected chi connectivity index (χ1v) is 9.71. The van der Waals surface area contributed by atoms with E-state index in [1.165, 1.54) is 17.5 Å². The monoisotopic (exact) mass is 402 g/mol. The second-order valence-corrected chi connectivity index (χ2v) is 7.05. The summed E-state index contributed by atoms with van der Waals surface area (Å²) < 4.78 is 12.4. The van der Waals surface area contributed by atoms with Gasteiger partial charge in [0.2, 0.25) is 0 Å². The van der Waals surface area contributed by atoms with Crippen LogP contribution in [0.1, 0.15) is 16.1 Å². The molecule has 8 heteroatoms. The Morgan fingerprint density at radius 3 is 2.86 bits per heavy atom. The molecule has 5 rings (SSSR count). The highest BCUT2D eigenvalue weighted by molar-refractivity contribution is 7.13. The first-order chi connectivity index (χ1) is 14.3. The number of benzene rings is 1. The van der Waals surface area contributed by atoms with Crippen LogP contribution in [-0.2, 0) is 11.3 Å². The minimum absolute atomic E-state index is 0.0613. The molecule has 29 heavy (non-hydrogen) atoms. The molecule has 0 fully saturated rings. The molecule has 4 aromatic heterocycles. The Kier molecular flexibility index (Phi) is 4.38. The molecule has 0 radical (unpaired) electrons. The molecule has 0 bridgehead atoms. The summed E-state index contributed by atoms with van der Waals surface area (Å²) in [6.45, 7) is 0.0613. The van der Waals surface area contributed by atoms with Crippen LogP contribution in [0.15, 0.2) is 77.0 Å². The van der Waals surface area contributed by atoms with Gasteiger partial charge >= 0.3 is 5.97 Å². The molecule has 0 N–H and O–H groups in total. The molecule has 0 aliphatic heterocycles. The molecular weight excluding hydrogens is 388 g/mol. The van der Waals surface area contributed by atoms with Gasteiger partial charge < -0.3 is 9.15 Å². The zero-order valence-electron chi connectivity index (χ0n) is 15.1. The van der Waals surface area contributed by atoms with Crippen LogP contribution in [0.2, 0.25) is 0 Å². The van der Waals surface area contributed by atoms with Crippen molar-refractivity contribution in [2.24, 2.45) is 0 Å². The Bertz CT molecular complexity index is 1280.